The molecular weight excluding hydrogens is 328 g/mol. The summed E-state index contributed by atoms with van der Waals surface area (Å²) in [5, 5.41) is 5.31. The lowest BCUT2D eigenvalue weighted by Gasteiger charge is -2.23. The van der Waals surface area contributed by atoms with E-state index in [4.69, 9.17) is 0 Å². The van der Waals surface area contributed by atoms with Crippen molar-refractivity contribution in [2.75, 3.05) is 0 Å². The van der Waals surface area contributed by atoms with Crippen LogP contribution in [-0.2, 0) is 19.5 Å². The van der Waals surface area contributed by atoms with Crippen LogP contribution in [0.2, 0.25) is 0 Å². The highest BCUT2D eigenvalue weighted by atomic mass is 15.0. The SMILES string of the molecule is CCn1c2ccccc2c2cc(C[NH2+][C@H]3CCCc4ccccc43)ccc21. The Morgan fingerprint density at radius 1 is 0.926 bits per heavy atom. The molecule has 0 unspecified atom stereocenters. The molecule has 0 radical (unpaired) electrons. The van der Waals surface area contributed by atoms with Crippen molar-refractivity contribution >= 4 is 21.8 Å². The van der Waals surface area contributed by atoms with E-state index < -0.39 is 0 Å². The Balaban J connectivity index is 1.46. The highest BCUT2D eigenvalue weighted by molar-refractivity contribution is 6.08. The molecule has 0 bridgehead atoms. The van der Waals surface area contributed by atoms with Crippen LogP contribution in [0.25, 0.3) is 21.8 Å². The number of nitrogens with zero attached hydrogens (tertiary/aromatic N) is 1. The Morgan fingerprint density at radius 2 is 1.74 bits per heavy atom. The second kappa shape index (κ2) is 6.86. The van der Waals surface area contributed by atoms with Crippen LogP contribution in [0, 0.1) is 0 Å². The summed E-state index contributed by atoms with van der Waals surface area (Å²) >= 11 is 0. The highest BCUT2D eigenvalue weighted by Gasteiger charge is 2.22. The number of aromatic nitrogens is 1. The van der Waals surface area contributed by atoms with E-state index in [2.05, 4.69) is 83.5 Å². The maximum atomic E-state index is 2.54. The molecule has 0 amide bonds. The van der Waals surface area contributed by atoms with E-state index in [-0.39, 0.29) is 0 Å². The largest absolute Gasteiger partial charge is 0.341 e. The average Bonchev–Trinajstić information content (AvgIpc) is 3.05. The number of hydrogen-bond donors (Lipinski definition) is 1. The number of para-hydroxylation sites is 1. The summed E-state index contributed by atoms with van der Waals surface area (Å²) < 4.78 is 2.43. The van der Waals surface area contributed by atoms with E-state index in [0.717, 1.165) is 13.1 Å². The van der Waals surface area contributed by atoms with Crippen molar-refractivity contribution in [1.29, 1.82) is 0 Å². The summed E-state index contributed by atoms with van der Waals surface area (Å²) in [4.78, 5) is 0. The number of hydrogen-bond acceptors (Lipinski definition) is 0. The van der Waals surface area contributed by atoms with Crippen molar-refractivity contribution in [3.05, 3.63) is 83.4 Å². The van der Waals surface area contributed by atoms with Crippen LogP contribution in [0.3, 0.4) is 0 Å². The summed E-state index contributed by atoms with van der Waals surface area (Å²) in [6, 6.07) is 25.4. The highest BCUT2D eigenvalue weighted by Crippen LogP contribution is 2.30. The fourth-order valence-electron chi connectivity index (χ4n) is 4.88. The van der Waals surface area contributed by atoms with E-state index >= 15 is 0 Å². The maximum Gasteiger partial charge on any atom is 0.112 e. The van der Waals surface area contributed by atoms with Gasteiger partial charge in [0.15, 0.2) is 0 Å². The number of benzene rings is 3. The molecule has 4 aromatic rings. The molecule has 2 nitrogen and oxygen atoms in total. The van der Waals surface area contributed by atoms with E-state index in [1.165, 1.54) is 46.6 Å². The van der Waals surface area contributed by atoms with Crippen molar-refractivity contribution in [3.8, 4) is 0 Å². The zero-order chi connectivity index (χ0) is 18.2. The van der Waals surface area contributed by atoms with Gasteiger partial charge in [0.2, 0.25) is 0 Å². The van der Waals surface area contributed by atoms with Crippen LogP contribution in [0.4, 0.5) is 0 Å². The van der Waals surface area contributed by atoms with Gasteiger partial charge in [0.05, 0.1) is 0 Å². The van der Waals surface area contributed by atoms with Crippen molar-refractivity contribution in [3.63, 3.8) is 0 Å². The molecule has 2 N–H and O–H groups in total. The summed E-state index contributed by atoms with van der Waals surface area (Å²) in [6.45, 7) is 4.28. The Bertz CT molecular complexity index is 1110. The standard InChI is InChI=1S/C25H26N2/c1-2-27-24-13-6-5-11-21(24)22-16-18(14-15-25(22)27)17-26-23-12-7-9-19-8-3-4-10-20(19)23/h3-6,8,10-11,13-16,23,26H,2,7,9,12,17H2,1H3/p+1/t23-/m0/s1. The van der Waals surface area contributed by atoms with Crippen molar-refractivity contribution in [2.24, 2.45) is 0 Å². The Kier molecular flexibility index (Phi) is 4.21. The van der Waals surface area contributed by atoms with Gasteiger partial charge < -0.3 is 9.88 Å². The van der Waals surface area contributed by atoms with Gasteiger partial charge in [0.25, 0.3) is 0 Å². The lowest BCUT2D eigenvalue weighted by Crippen LogP contribution is -2.84. The van der Waals surface area contributed by atoms with Gasteiger partial charge in [-0.15, -0.1) is 0 Å². The van der Waals surface area contributed by atoms with Crippen LogP contribution < -0.4 is 5.32 Å². The van der Waals surface area contributed by atoms with E-state index in [9.17, 15) is 0 Å². The number of nitrogens with two attached hydrogens (primary N) is 1. The molecule has 0 aliphatic heterocycles. The molecule has 2 heteroatoms. The lowest BCUT2D eigenvalue weighted by molar-refractivity contribution is -0.712. The van der Waals surface area contributed by atoms with Crippen molar-refractivity contribution in [1.82, 2.24) is 4.57 Å². The molecule has 0 spiro atoms. The maximum absolute atomic E-state index is 2.54. The summed E-state index contributed by atoms with van der Waals surface area (Å²) in [7, 11) is 0. The molecule has 1 heterocycles. The van der Waals surface area contributed by atoms with Crippen LogP contribution in [0.1, 0.15) is 42.5 Å². The first-order valence-corrected chi connectivity index (χ1v) is 10.3. The Morgan fingerprint density at radius 3 is 2.67 bits per heavy atom. The minimum absolute atomic E-state index is 0.600. The van der Waals surface area contributed by atoms with E-state index in [0.29, 0.717) is 6.04 Å². The van der Waals surface area contributed by atoms with Gasteiger partial charge >= 0.3 is 0 Å². The normalized spacial score (nSPS) is 16.7. The van der Waals surface area contributed by atoms with Gasteiger partial charge in [-0.25, -0.2) is 0 Å². The summed E-state index contributed by atoms with van der Waals surface area (Å²) in [5.41, 5.74) is 7.21. The predicted octanol–water partition coefficient (Wildman–Crippen LogP) is 4.96. The molecule has 27 heavy (non-hydrogen) atoms. The van der Waals surface area contributed by atoms with Crippen LogP contribution in [-0.4, -0.2) is 4.57 Å². The third kappa shape index (κ3) is 2.85. The predicted molar refractivity (Wildman–Crippen MR) is 113 cm³/mol. The second-order valence-corrected chi connectivity index (χ2v) is 7.75. The first kappa shape index (κ1) is 16.6. The van der Waals surface area contributed by atoms with Gasteiger partial charge in [0, 0.05) is 45.9 Å². The number of rotatable bonds is 4. The summed E-state index contributed by atoms with van der Waals surface area (Å²) in [5.74, 6) is 0. The molecule has 5 rings (SSSR count). The minimum Gasteiger partial charge on any atom is -0.341 e. The van der Waals surface area contributed by atoms with Crippen LogP contribution in [0.15, 0.2) is 66.7 Å². The molecule has 1 aromatic heterocycles. The van der Waals surface area contributed by atoms with Gasteiger partial charge in [-0.3, -0.25) is 0 Å². The molecule has 3 aromatic carbocycles. The Hall–Kier alpha value is -2.58. The quantitative estimate of drug-likeness (QED) is 0.535. The first-order chi connectivity index (χ1) is 13.3. The smallest absolute Gasteiger partial charge is 0.112 e. The third-order valence-corrected chi connectivity index (χ3v) is 6.21. The van der Waals surface area contributed by atoms with Crippen LogP contribution >= 0.6 is 0 Å². The molecule has 0 saturated carbocycles. The molecule has 1 aliphatic rings. The fourth-order valence-corrected chi connectivity index (χ4v) is 4.88. The molecule has 0 saturated heterocycles. The van der Waals surface area contributed by atoms with Crippen molar-refractivity contribution < 1.29 is 5.32 Å². The minimum atomic E-state index is 0.600. The first-order valence-electron chi connectivity index (χ1n) is 10.3. The summed E-state index contributed by atoms with van der Waals surface area (Å²) in [6.07, 6.45) is 3.83. The molecular formula is C25H27N2+. The number of aryl methyl sites for hydroxylation is 2. The molecule has 1 aliphatic carbocycles. The lowest BCUT2D eigenvalue weighted by atomic mass is 9.87. The number of quaternary nitrogens is 1. The molecule has 1 atom stereocenters. The molecule has 0 fully saturated rings. The fraction of sp³-hybridized carbons (Fsp3) is 0.280. The van der Waals surface area contributed by atoms with Gasteiger partial charge in [-0.05, 0) is 43.5 Å². The van der Waals surface area contributed by atoms with Crippen molar-refractivity contribution in [2.45, 2.75) is 45.3 Å². The Labute approximate surface area is 160 Å². The van der Waals surface area contributed by atoms with Crippen LogP contribution in [0.5, 0.6) is 0 Å². The average molecular weight is 356 g/mol. The molecule has 136 valence electrons. The van der Waals surface area contributed by atoms with E-state index in [1.807, 2.05) is 0 Å². The zero-order valence-electron chi connectivity index (χ0n) is 16.0. The zero-order valence-corrected chi connectivity index (χ0v) is 16.0. The van der Waals surface area contributed by atoms with Gasteiger partial charge in [0.1, 0.15) is 12.6 Å². The van der Waals surface area contributed by atoms with Gasteiger partial charge in [-0.1, -0.05) is 48.5 Å². The van der Waals surface area contributed by atoms with E-state index in [1.54, 1.807) is 11.1 Å². The topological polar surface area (TPSA) is 21.5 Å². The second-order valence-electron chi connectivity index (χ2n) is 7.75. The monoisotopic (exact) mass is 355 g/mol. The third-order valence-electron chi connectivity index (χ3n) is 6.21. The van der Waals surface area contributed by atoms with Gasteiger partial charge in [-0.2, -0.15) is 0 Å². The number of fused-ring (bicyclic) bond motifs is 4.